The van der Waals surface area contributed by atoms with E-state index in [-0.39, 0.29) is 17.4 Å². The van der Waals surface area contributed by atoms with Crippen LogP contribution < -0.4 is 10.9 Å². The van der Waals surface area contributed by atoms with Crippen LogP contribution in [0.4, 0.5) is 0 Å². The molecule has 1 amide bonds. The number of rotatable bonds is 5. The molecule has 7 heteroatoms. The van der Waals surface area contributed by atoms with Crippen LogP contribution in [0.15, 0.2) is 46.6 Å². The van der Waals surface area contributed by atoms with Crippen LogP contribution in [0.2, 0.25) is 5.02 Å². The van der Waals surface area contributed by atoms with Crippen LogP contribution in [0.3, 0.4) is 0 Å². The second-order valence-electron chi connectivity index (χ2n) is 6.14. The molecule has 0 aliphatic rings. The fraction of sp³-hybridized carbons (Fsp3) is 0.211. The summed E-state index contributed by atoms with van der Waals surface area (Å²) in [5.41, 5.74) is 1.86. The fourth-order valence-corrected chi connectivity index (χ4v) is 3.29. The van der Waals surface area contributed by atoms with E-state index in [2.05, 4.69) is 15.3 Å². The number of benzene rings is 1. The van der Waals surface area contributed by atoms with Crippen LogP contribution in [-0.4, -0.2) is 15.9 Å². The number of halogens is 1. The molecule has 2 N–H and O–H groups in total. The monoisotopic (exact) mass is 387 g/mol. The van der Waals surface area contributed by atoms with E-state index in [0.717, 1.165) is 10.4 Å². The van der Waals surface area contributed by atoms with Crippen LogP contribution in [0.1, 0.15) is 19.4 Å². The number of hydrogen-bond donors (Lipinski definition) is 2. The minimum absolute atomic E-state index is 0.0206. The SMILES string of the molecule is CC(C)C(=O)NCc1ccc(Cl)c(-c2nc(-c3cccs3)cc(=O)[nH]2)c1. The summed E-state index contributed by atoms with van der Waals surface area (Å²) in [7, 11) is 0. The topological polar surface area (TPSA) is 74.8 Å². The molecule has 0 saturated heterocycles. The summed E-state index contributed by atoms with van der Waals surface area (Å²) < 4.78 is 0. The van der Waals surface area contributed by atoms with Crippen molar-refractivity contribution in [2.75, 3.05) is 0 Å². The highest BCUT2D eigenvalue weighted by atomic mass is 35.5. The van der Waals surface area contributed by atoms with Crippen molar-refractivity contribution in [1.29, 1.82) is 0 Å². The Kier molecular flexibility index (Phi) is 5.54. The number of amides is 1. The first kappa shape index (κ1) is 18.4. The van der Waals surface area contributed by atoms with Crippen molar-refractivity contribution >= 4 is 28.8 Å². The third-order valence-electron chi connectivity index (χ3n) is 3.79. The Labute approximate surface area is 160 Å². The Morgan fingerprint density at radius 2 is 2.12 bits per heavy atom. The molecule has 2 heterocycles. The van der Waals surface area contributed by atoms with Gasteiger partial charge in [0.05, 0.1) is 15.6 Å². The van der Waals surface area contributed by atoms with Gasteiger partial charge in [-0.15, -0.1) is 11.3 Å². The number of hydrogen-bond acceptors (Lipinski definition) is 4. The Morgan fingerprint density at radius 1 is 1.31 bits per heavy atom. The van der Waals surface area contributed by atoms with E-state index in [0.29, 0.717) is 28.6 Å². The average molecular weight is 388 g/mol. The van der Waals surface area contributed by atoms with Crippen molar-refractivity contribution in [3.63, 3.8) is 0 Å². The number of aromatic amines is 1. The lowest BCUT2D eigenvalue weighted by Gasteiger charge is -2.10. The van der Waals surface area contributed by atoms with Crippen molar-refractivity contribution in [3.8, 4) is 22.0 Å². The Hall–Kier alpha value is -2.44. The molecule has 0 radical (unpaired) electrons. The second-order valence-corrected chi connectivity index (χ2v) is 7.50. The normalized spacial score (nSPS) is 10.9. The Balaban J connectivity index is 1.95. The third-order valence-corrected chi connectivity index (χ3v) is 5.01. The largest absolute Gasteiger partial charge is 0.352 e. The first-order valence-electron chi connectivity index (χ1n) is 8.16. The maximum absolute atomic E-state index is 12.1. The van der Waals surface area contributed by atoms with Gasteiger partial charge in [-0.05, 0) is 29.1 Å². The van der Waals surface area contributed by atoms with Gasteiger partial charge in [0.2, 0.25) is 5.91 Å². The van der Waals surface area contributed by atoms with Crippen molar-refractivity contribution < 1.29 is 4.79 Å². The smallest absolute Gasteiger partial charge is 0.251 e. The highest BCUT2D eigenvalue weighted by Crippen LogP contribution is 2.28. The van der Waals surface area contributed by atoms with E-state index in [1.54, 1.807) is 6.07 Å². The quantitative estimate of drug-likeness (QED) is 0.692. The molecule has 5 nitrogen and oxygen atoms in total. The number of carbonyl (C=O) groups is 1. The van der Waals surface area contributed by atoms with Gasteiger partial charge in [-0.25, -0.2) is 4.98 Å². The first-order valence-corrected chi connectivity index (χ1v) is 9.41. The standard InChI is InChI=1S/C19H18ClN3O2S/c1-11(2)19(25)21-10-12-5-6-14(20)13(8-12)18-22-15(9-17(24)23-18)16-4-3-7-26-16/h3-9,11H,10H2,1-2H3,(H,21,25)(H,22,23,24). The van der Waals surface area contributed by atoms with E-state index in [1.807, 2.05) is 43.5 Å². The number of aromatic nitrogens is 2. The summed E-state index contributed by atoms with van der Waals surface area (Å²) in [4.78, 5) is 32.0. The zero-order valence-electron chi connectivity index (χ0n) is 14.4. The predicted octanol–water partition coefficient (Wildman–Crippen LogP) is 4.09. The Morgan fingerprint density at radius 3 is 2.81 bits per heavy atom. The molecule has 0 unspecified atom stereocenters. The first-order chi connectivity index (χ1) is 12.4. The zero-order chi connectivity index (χ0) is 18.7. The van der Waals surface area contributed by atoms with Gasteiger partial charge in [0.15, 0.2) is 0 Å². The summed E-state index contributed by atoms with van der Waals surface area (Å²) in [6.07, 6.45) is 0. The van der Waals surface area contributed by atoms with Crippen molar-refractivity contribution in [2.45, 2.75) is 20.4 Å². The molecule has 0 aliphatic heterocycles. The summed E-state index contributed by atoms with van der Waals surface area (Å²) in [6.45, 7) is 4.07. The van der Waals surface area contributed by atoms with Gasteiger partial charge >= 0.3 is 0 Å². The highest BCUT2D eigenvalue weighted by molar-refractivity contribution is 7.13. The maximum atomic E-state index is 12.1. The summed E-state index contributed by atoms with van der Waals surface area (Å²) in [6, 6.07) is 10.7. The number of nitrogens with zero attached hydrogens (tertiary/aromatic N) is 1. The lowest BCUT2D eigenvalue weighted by atomic mass is 10.1. The number of carbonyl (C=O) groups excluding carboxylic acids is 1. The van der Waals surface area contributed by atoms with Crippen LogP contribution in [0.5, 0.6) is 0 Å². The summed E-state index contributed by atoms with van der Waals surface area (Å²) >= 11 is 7.84. The summed E-state index contributed by atoms with van der Waals surface area (Å²) in [5, 5.41) is 5.28. The van der Waals surface area contributed by atoms with Crippen LogP contribution >= 0.6 is 22.9 Å². The molecule has 2 aromatic heterocycles. The average Bonchev–Trinajstić information content (AvgIpc) is 3.14. The molecule has 0 spiro atoms. The van der Waals surface area contributed by atoms with E-state index in [1.165, 1.54) is 17.4 Å². The van der Waals surface area contributed by atoms with Gasteiger partial charge in [-0.1, -0.05) is 37.6 Å². The van der Waals surface area contributed by atoms with Gasteiger partial charge < -0.3 is 10.3 Å². The van der Waals surface area contributed by atoms with Crippen molar-refractivity contribution in [2.24, 2.45) is 5.92 Å². The summed E-state index contributed by atoms with van der Waals surface area (Å²) in [5.74, 6) is 0.304. The minimum Gasteiger partial charge on any atom is -0.352 e. The van der Waals surface area contributed by atoms with Gasteiger partial charge in [-0.2, -0.15) is 0 Å². The molecule has 0 aliphatic carbocycles. The maximum Gasteiger partial charge on any atom is 0.251 e. The fourth-order valence-electron chi connectivity index (χ4n) is 2.39. The van der Waals surface area contributed by atoms with Crippen LogP contribution in [0, 0.1) is 5.92 Å². The molecule has 3 rings (SSSR count). The van der Waals surface area contributed by atoms with Gasteiger partial charge in [-0.3, -0.25) is 9.59 Å². The number of H-pyrrole nitrogens is 1. The molecule has 0 atom stereocenters. The Bertz CT molecular complexity index is 981. The molecule has 1 aromatic carbocycles. The van der Waals surface area contributed by atoms with E-state index < -0.39 is 0 Å². The number of thiophene rings is 1. The van der Waals surface area contributed by atoms with Gasteiger partial charge in [0, 0.05) is 24.1 Å². The molecule has 0 saturated carbocycles. The van der Waals surface area contributed by atoms with Crippen molar-refractivity contribution in [1.82, 2.24) is 15.3 Å². The van der Waals surface area contributed by atoms with Gasteiger partial charge in [0.25, 0.3) is 5.56 Å². The molecule has 0 fully saturated rings. The minimum atomic E-state index is -0.243. The predicted molar refractivity (Wildman–Crippen MR) is 105 cm³/mol. The van der Waals surface area contributed by atoms with E-state index in [9.17, 15) is 9.59 Å². The molecule has 134 valence electrons. The highest BCUT2D eigenvalue weighted by Gasteiger charge is 2.12. The molecular weight excluding hydrogens is 370 g/mol. The molecular formula is C19H18ClN3O2S. The second kappa shape index (κ2) is 7.85. The van der Waals surface area contributed by atoms with E-state index >= 15 is 0 Å². The zero-order valence-corrected chi connectivity index (χ0v) is 15.9. The molecule has 26 heavy (non-hydrogen) atoms. The van der Waals surface area contributed by atoms with Crippen LogP contribution in [0.25, 0.3) is 22.0 Å². The van der Waals surface area contributed by atoms with Gasteiger partial charge in [0.1, 0.15) is 5.82 Å². The lowest BCUT2D eigenvalue weighted by Crippen LogP contribution is -2.27. The third kappa shape index (κ3) is 4.20. The molecule has 3 aromatic rings. The lowest BCUT2D eigenvalue weighted by molar-refractivity contribution is -0.124. The van der Waals surface area contributed by atoms with Crippen molar-refractivity contribution in [3.05, 3.63) is 62.7 Å². The van der Waals surface area contributed by atoms with E-state index in [4.69, 9.17) is 11.6 Å². The molecule has 0 bridgehead atoms. The number of nitrogens with one attached hydrogen (secondary N) is 2. The van der Waals surface area contributed by atoms with Crippen LogP contribution in [-0.2, 0) is 11.3 Å².